The molecule has 0 aliphatic heterocycles. The summed E-state index contributed by atoms with van der Waals surface area (Å²) >= 11 is 0. The summed E-state index contributed by atoms with van der Waals surface area (Å²) in [6, 6.07) is 0. The average Bonchev–Trinajstić information content (AvgIpc) is 2.38. The second-order valence-corrected chi connectivity index (χ2v) is 5.95. The van der Waals surface area contributed by atoms with E-state index in [-0.39, 0.29) is 5.97 Å². The van der Waals surface area contributed by atoms with Crippen molar-refractivity contribution in [2.75, 3.05) is 33.8 Å². The number of ether oxygens (including phenoxy) is 1. The number of likely N-dealkylation sites (N-methyl/N-ethyl adjacent to an activating group) is 1. The van der Waals surface area contributed by atoms with Crippen LogP contribution in [0.5, 0.6) is 0 Å². The predicted octanol–water partition coefficient (Wildman–Crippen LogP) is 2.82. The van der Waals surface area contributed by atoms with Gasteiger partial charge in [-0.15, -0.1) is 0 Å². The van der Waals surface area contributed by atoms with Gasteiger partial charge in [-0.3, -0.25) is 4.79 Å². The number of esters is 1. The van der Waals surface area contributed by atoms with Gasteiger partial charge in [-0.2, -0.15) is 0 Å². The van der Waals surface area contributed by atoms with E-state index in [0.717, 1.165) is 25.9 Å². The molecule has 0 saturated carbocycles. The fourth-order valence-corrected chi connectivity index (χ4v) is 2.19. The molecule has 4 nitrogen and oxygen atoms in total. The van der Waals surface area contributed by atoms with E-state index in [0.29, 0.717) is 6.61 Å². The van der Waals surface area contributed by atoms with Crippen LogP contribution in [0.15, 0.2) is 0 Å². The molecular weight excluding hydrogens is 252 g/mol. The first-order chi connectivity index (χ1) is 9.46. The van der Waals surface area contributed by atoms with Gasteiger partial charge in [0, 0.05) is 13.1 Å². The van der Waals surface area contributed by atoms with Crippen LogP contribution in [0.2, 0.25) is 0 Å². The zero-order valence-corrected chi connectivity index (χ0v) is 14.1. The van der Waals surface area contributed by atoms with Gasteiger partial charge in [0.25, 0.3) is 0 Å². The lowest BCUT2D eigenvalue weighted by Gasteiger charge is -2.29. The highest BCUT2D eigenvalue weighted by molar-refractivity contribution is 5.80. The monoisotopic (exact) mass is 286 g/mol. The largest absolute Gasteiger partial charge is 0.465 e. The zero-order valence-electron chi connectivity index (χ0n) is 14.1. The Kier molecular flexibility index (Phi) is 10.8. The maximum absolute atomic E-state index is 12.2. The lowest BCUT2D eigenvalue weighted by Crippen LogP contribution is -2.52. The lowest BCUT2D eigenvalue weighted by molar-refractivity contribution is -0.150. The third-order valence-corrected chi connectivity index (χ3v) is 3.58. The second kappa shape index (κ2) is 11.1. The van der Waals surface area contributed by atoms with Crippen LogP contribution in [0.4, 0.5) is 0 Å². The summed E-state index contributed by atoms with van der Waals surface area (Å²) in [6.45, 7) is 8.22. The summed E-state index contributed by atoms with van der Waals surface area (Å²) in [5, 5.41) is 3.39. The highest BCUT2D eigenvalue weighted by atomic mass is 16.5. The Labute approximate surface area is 125 Å². The van der Waals surface area contributed by atoms with Crippen LogP contribution in [0.25, 0.3) is 0 Å². The van der Waals surface area contributed by atoms with Gasteiger partial charge < -0.3 is 15.0 Å². The minimum atomic E-state index is -0.543. The predicted molar refractivity (Wildman–Crippen MR) is 85.0 cm³/mol. The SMILES string of the molecule is CCCCCCCC(C)(NCCN(C)C)C(=O)OCC. The summed E-state index contributed by atoms with van der Waals surface area (Å²) in [5.74, 6) is -0.116. The number of hydrogen-bond donors (Lipinski definition) is 1. The lowest BCUT2D eigenvalue weighted by atomic mass is 9.93. The quantitative estimate of drug-likeness (QED) is 0.442. The third kappa shape index (κ3) is 8.54. The number of hydrogen-bond acceptors (Lipinski definition) is 4. The van der Waals surface area contributed by atoms with Crippen LogP contribution in [-0.2, 0) is 9.53 Å². The summed E-state index contributed by atoms with van der Waals surface area (Å²) in [6.07, 6.45) is 6.90. The van der Waals surface area contributed by atoms with E-state index in [1.807, 2.05) is 27.9 Å². The van der Waals surface area contributed by atoms with Crippen LogP contribution in [-0.4, -0.2) is 50.2 Å². The van der Waals surface area contributed by atoms with Crippen LogP contribution in [0.3, 0.4) is 0 Å². The van der Waals surface area contributed by atoms with Crippen molar-refractivity contribution in [3.63, 3.8) is 0 Å². The molecule has 1 unspecified atom stereocenters. The summed E-state index contributed by atoms with van der Waals surface area (Å²) in [7, 11) is 4.07. The van der Waals surface area contributed by atoms with Gasteiger partial charge >= 0.3 is 5.97 Å². The molecule has 0 saturated heterocycles. The van der Waals surface area contributed by atoms with Crippen molar-refractivity contribution in [1.29, 1.82) is 0 Å². The molecule has 0 aromatic carbocycles. The Morgan fingerprint density at radius 1 is 1.15 bits per heavy atom. The number of nitrogens with zero attached hydrogens (tertiary/aromatic N) is 1. The summed E-state index contributed by atoms with van der Waals surface area (Å²) < 4.78 is 5.23. The van der Waals surface area contributed by atoms with E-state index in [1.165, 1.54) is 25.7 Å². The maximum atomic E-state index is 12.2. The van der Waals surface area contributed by atoms with Crippen molar-refractivity contribution >= 4 is 5.97 Å². The van der Waals surface area contributed by atoms with Gasteiger partial charge in [-0.1, -0.05) is 39.0 Å². The molecule has 0 fully saturated rings. The molecule has 0 aromatic heterocycles. The summed E-state index contributed by atoms with van der Waals surface area (Å²) in [4.78, 5) is 14.3. The standard InChI is InChI=1S/C16H34N2O2/c1-6-8-9-10-11-12-16(3,15(19)20-7-2)17-13-14-18(4)5/h17H,6-14H2,1-5H3. The average molecular weight is 286 g/mol. The first-order valence-electron chi connectivity index (χ1n) is 8.03. The van der Waals surface area contributed by atoms with Crippen molar-refractivity contribution in [2.45, 2.75) is 64.8 Å². The molecule has 0 rings (SSSR count). The molecular formula is C16H34N2O2. The van der Waals surface area contributed by atoms with Gasteiger partial charge in [0.15, 0.2) is 0 Å². The Bertz CT molecular complexity index is 257. The van der Waals surface area contributed by atoms with Crippen molar-refractivity contribution < 1.29 is 9.53 Å². The van der Waals surface area contributed by atoms with Crippen LogP contribution in [0, 0.1) is 0 Å². The molecule has 0 aliphatic carbocycles. The maximum Gasteiger partial charge on any atom is 0.326 e. The second-order valence-electron chi connectivity index (χ2n) is 5.95. The minimum absolute atomic E-state index is 0.116. The molecule has 20 heavy (non-hydrogen) atoms. The van der Waals surface area contributed by atoms with E-state index >= 15 is 0 Å². The van der Waals surface area contributed by atoms with Crippen molar-refractivity contribution in [3.05, 3.63) is 0 Å². The minimum Gasteiger partial charge on any atom is -0.465 e. The third-order valence-electron chi connectivity index (χ3n) is 3.58. The van der Waals surface area contributed by atoms with E-state index in [1.54, 1.807) is 0 Å². The molecule has 0 spiro atoms. The smallest absolute Gasteiger partial charge is 0.326 e. The van der Waals surface area contributed by atoms with E-state index in [4.69, 9.17) is 4.74 Å². The number of unbranched alkanes of at least 4 members (excludes halogenated alkanes) is 4. The topological polar surface area (TPSA) is 41.6 Å². The highest BCUT2D eigenvalue weighted by Gasteiger charge is 2.33. The molecule has 0 bridgehead atoms. The number of nitrogens with one attached hydrogen (secondary N) is 1. The fraction of sp³-hybridized carbons (Fsp3) is 0.938. The number of rotatable bonds is 12. The molecule has 0 heterocycles. The Morgan fingerprint density at radius 2 is 1.80 bits per heavy atom. The Hall–Kier alpha value is -0.610. The van der Waals surface area contributed by atoms with Crippen molar-refractivity contribution in [2.24, 2.45) is 0 Å². The van der Waals surface area contributed by atoms with Gasteiger partial charge in [0.05, 0.1) is 6.61 Å². The van der Waals surface area contributed by atoms with E-state index in [2.05, 4.69) is 17.1 Å². The van der Waals surface area contributed by atoms with Crippen LogP contribution >= 0.6 is 0 Å². The first kappa shape index (κ1) is 19.4. The molecule has 0 aromatic rings. The van der Waals surface area contributed by atoms with Gasteiger partial charge in [-0.05, 0) is 34.4 Å². The zero-order chi connectivity index (χ0) is 15.4. The molecule has 1 N–H and O–H groups in total. The van der Waals surface area contributed by atoms with Gasteiger partial charge in [0.2, 0.25) is 0 Å². The normalized spacial score (nSPS) is 14.3. The van der Waals surface area contributed by atoms with Gasteiger partial charge in [-0.25, -0.2) is 0 Å². The van der Waals surface area contributed by atoms with Crippen LogP contribution < -0.4 is 5.32 Å². The molecule has 120 valence electrons. The fourth-order valence-electron chi connectivity index (χ4n) is 2.19. The van der Waals surface area contributed by atoms with E-state index < -0.39 is 5.54 Å². The molecule has 4 heteroatoms. The molecule has 1 atom stereocenters. The van der Waals surface area contributed by atoms with Crippen LogP contribution in [0.1, 0.15) is 59.3 Å². The first-order valence-corrected chi connectivity index (χ1v) is 8.03. The molecule has 0 aliphatic rings. The molecule has 0 amide bonds. The van der Waals surface area contributed by atoms with Gasteiger partial charge in [0.1, 0.15) is 5.54 Å². The number of carbonyl (C=O) groups excluding carboxylic acids is 1. The number of carbonyl (C=O) groups is 1. The van der Waals surface area contributed by atoms with E-state index in [9.17, 15) is 4.79 Å². The van der Waals surface area contributed by atoms with Crippen molar-refractivity contribution in [1.82, 2.24) is 10.2 Å². The van der Waals surface area contributed by atoms with Crippen molar-refractivity contribution in [3.8, 4) is 0 Å². The molecule has 0 radical (unpaired) electrons. The Morgan fingerprint density at radius 3 is 2.35 bits per heavy atom. The highest BCUT2D eigenvalue weighted by Crippen LogP contribution is 2.17. The summed E-state index contributed by atoms with van der Waals surface area (Å²) in [5.41, 5.74) is -0.543. The Balaban J connectivity index is 4.26.